The normalized spacial score (nSPS) is 10.2. The lowest BCUT2D eigenvalue weighted by Gasteiger charge is -1.94. The van der Waals surface area contributed by atoms with Crippen molar-refractivity contribution in [2.75, 3.05) is 0 Å². The van der Waals surface area contributed by atoms with Gasteiger partial charge in [0.1, 0.15) is 11.4 Å². The Bertz CT molecular complexity index is 317. The van der Waals surface area contributed by atoms with E-state index in [2.05, 4.69) is 0 Å². The Kier molecular flexibility index (Phi) is 2.03. The third-order valence-electron chi connectivity index (χ3n) is 1.83. The third kappa shape index (κ3) is 1.39. The van der Waals surface area contributed by atoms with E-state index in [9.17, 15) is 10.0 Å². The molecular weight excluding hydrogens is 160 g/mol. The Morgan fingerprint density at radius 1 is 1.75 bits per heavy atom. The molecule has 0 bridgehead atoms. The molecule has 1 aromatic rings. The van der Waals surface area contributed by atoms with Gasteiger partial charge in [0, 0.05) is 13.8 Å². The molecule has 5 heteroatoms. The van der Waals surface area contributed by atoms with Crippen molar-refractivity contribution in [2.24, 2.45) is 0 Å². The molecule has 1 N–H and O–H groups in total. The maximum atomic E-state index is 10.9. The van der Waals surface area contributed by atoms with E-state index in [1.54, 1.807) is 13.8 Å². The first-order valence-electron chi connectivity index (χ1n) is 3.49. The van der Waals surface area contributed by atoms with Gasteiger partial charge in [-0.05, 0) is 0 Å². The number of rotatable bonds is 2. The minimum atomic E-state index is -0.950. The molecule has 1 rings (SSSR count). The molecule has 0 saturated heterocycles. The first kappa shape index (κ1) is 8.58. The van der Waals surface area contributed by atoms with Gasteiger partial charge in [0.15, 0.2) is 6.54 Å². The number of aliphatic carboxylic acids is 1. The maximum absolute atomic E-state index is 10.9. The van der Waals surface area contributed by atoms with E-state index in [0.29, 0.717) is 16.1 Å². The first-order valence-corrected chi connectivity index (χ1v) is 3.49. The van der Waals surface area contributed by atoms with E-state index in [-0.39, 0.29) is 6.54 Å². The van der Waals surface area contributed by atoms with Crippen LogP contribution < -0.4 is 4.73 Å². The quantitative estimate of drug-likeness (QED) is 0.494. The fourth-order valence-electron chi connectivity index (χ4n) is 0.972. The lowest BCUT2D eigenvalue weighted by atomic mass is 10.4. The second kappa shape index (κ2) is 2.84. The molecule has 1 heterocycles. The number of hydrogen-bond donors (Lipinski definition) is 1. The third-order valence-corrected chi connectivity index (χ3v) is 1.83. The Morgan fingerprint density at radius 3 is 2.67 bits per heavy atom. The van der Waals surface area contributed by atoms with Gasteiger partial charge in [-0.1, -0.05) is 0 Å². The molecular formula is C7H10N2O3. The van der Waals surface area contributed by atoms with Gasteiger partial charge in [0.25, 0.3) is 0 Å². The highest BCUT2D eigenvalue weighted by Gasteiger charge is 2.13. The van der Waals surface area contributed by atoms with Crippen LogP contribution in [0.1, 0.15) is 11.4 Å². The number of imidazole rings is 1. The lowest BCUT2D eigenvalue weighted by molar-refractivity contribution is -0.611. The summed E-state index contributed by atoms with van der Waals surface area (Å²) in [6.07, 6.45) is 1.23. The highest BCUT2D eigenvalue weighted by Crippen LogP contribution is 2.01. The molecule has 0 spiro atoms. The summed E-state index contributed by atoms with van der Waals surface area (Å²) >= 11 is 0. The van der Waals surface area contributed by atoms with Crippen LogP contribution in [0.2, 0.25) is 0 Å². The van der Waals surface area contributed by atoms with Gasteiger partial charge >= 0.3 is 5.97 Å². The van der Waals surface area contributed by atoms with Crippen molar-refractivity contribution in [1.82, 2.24) is 4.57 Å². The van der Waals surface area contributed by atoms with E-state index in [0.717, 1.165) is 0 Å². The molecule has 0 atom stereocenters. The zero-order chi connectivity index (χ0) is 9.30. The van der Waals surface area contributed by atoms with Crippen molar-refractivity contribution in [1.29, 1.82) is 0 Å². The summed E-state index contributed by atoms with van der Waals surface area (Å²) in [5.41, 5.74) is 1.23. The van der Waals surface area contributed by atoms with Crippen LogP contribution in [0.4, 0.5) is 0 Å². The van der Waals surface area contributed by atoms with E-state index in [1.165, 1.54) is 10.9 Å². The Balaban J connectivity index is 3.01. The van der Waals surface area contributed by atoms with Crippen LogP contribution in [-0.4, -0.2) is 15.6 Å². The van der Waals surface area contributed by atoms with Gasteiger partial charge in [-0.2, -0.15) is 0 Å². The number of carboxylic acids is 1. The molecule has 66 valence electrons. The zero-order valence-electron chi connectivity index (χ0n) is 6.94. The van der Waals surface area contributed by atoms with Crippen LogP contribution in [0.15, 0.2) is 6.33 Å². The average Bonchev–Trinajstić information content (AvgIpc) is 2.17. The number of carboxylic acid groups (broad SMARTS) is 1. The summed E-state index contributed by atoms with van der Waals surface area (Å²) in [4.78, 5) is 10.3. The van der Waals surface area contributed by atoms with Gasteiger partial charge in [-0.25, -0.2) is 14.1 Å². The van der Waals surface area contributed by atoms with E-state index >= 15 is 0 Å². The van der Waals surface area contributed by atoms with Crippen molar-refractivity contribution in [3.63, 3.8) is 0 Å². The van der Waals surface area contributed by atoms with Gasteiger partial charge in [0.05, 0.1) is 0 Å². The van der Waals surface area contributed by atoms with Crippen LogP contribution >= 0.6 is 0 Å². The number of carbonyl (C=O) groups is 1. The smallest absolute Gasteiger partial charge is 0.346 e. The summed E-state index contributed by atoms with van der Waals surface area (Å²) in [5.74, 6) is -0.950. The largest absolute Gasteiger partial charge is 0.711 e. The summed E-state index contributed by atoms with van der Waals surface area (Å²) < 4.78 is 2.07. The average molecular weight is 170 g/mol. The molecule has 5 nitrogen and oxygen atoms in total. The standard InChI is InChI=1S/C7H10N2O3/c1-5-6(2)9(12)4-8(5)3-7(10)11/h4H,3H2,1-2H3,(H,10,11). The highest BCUT2D eigenvalue weighted by molar-refractivity contribution is 5.66. The predicted molar refractivity (Wildman–Crippen MR) is 40.5 cm³/mol. The Hall–Kier alpha value is -1.52. The van der Waals surface area contributed by atoms with Crippen molar-refractivity contribution in [3.8, 4) is 0 Å². The first-order chi connectivity index (χ1) is 5.52. The molecule has 0 amide bonds. The summed E-state index contributed by atoms with van der Waals surface area (Å²) in [5, 5.41) is 19.4. The molecule has 0 fully saturated rings. The summed E-state index contributed by atoms with van der Waals surface area (Å²) in [7, 11) is 0. The highest BCUT2D eigenvalue weighted by atomic mass is 16.5. The molecule has 1 aromatic heterocycles. The van der Waals surface area contributed by atoms with Crippen LogP contribution in [-0.2, 0) is 11.3 Å². The van der Waals surface area contributed by atoms with Crippen molar-refractivity contribution in [3.05, 3.63) is 22.9 Å². The van der Waals surface area contributed by atoms with Crippen molar-refractivity contribution in [2.45, 2.75) is 20.4 Å². The molecule has 0 aliphatic carbocycles. The second-order valence-corrected chi connectivity index (χ2v) is 2.63. The molecule has 0 aliphatic heterocycles. The Morgan fingerprint density at radius 2 is 2.33 bits per heavy atom. The molecule has 12 heavy (non-hydrogen) atoms. The summed E-state index contributed by atoms with van der Waals surface area (Å²) in [6.45, 7) is 3.20. The molecule has 0 aromatic carbocycles. The topological polar surface area (TPSA) is 69.2 Å². The molecule has 0 radical (unpaired) electrons. The maximum Gasteiger partial charge on any atom is 0.346 e. The van der Waals surface area contributed by atoms with Crippen molar-refractivity contribution < 1.29 is 14.6 Å². The lowest BCUT2D eigenvalue weighted by Crippen LogP contribution is -2.26. The number of aromatic nitrogens is 2. The van der Waals surface area contributed by atoms with E-state index < -0.39 is 5.97 Å². The Labute approximate surface area is 69.4 Å². The summed E-state index contributed by atoms with van der Waals surface area (Å²) in [6, 6.07) is 0. The predicted octanol–water partition coefficient (Wildman–Crippen LogP) is -0.177. The number of hydrogen-bond acceptors (Lipinski definition) is 2. The van der Waals surface area contributed by atoms with Gasteiger partial charge in [0.2, 0.25) is 6.33 Å². The van der Waals surface area contributed by atoms with Crippen LogP contribution in [0.5, 0.6) is 0 Å². The molecule has 0 aliphatic rings. The minimum Gasteiger partial charge on any atom is -0.711 e. The van der Waals surface area contributed by atoms with E-state index in [1.807, 2.05) is 0 Å². The second-order valence-electron chi connectivity index (χ2n) is 2.63. The van der Waals surface area contributed by atoms with Gasteiger partial charge in [-0.3, -0.25) is 0 Å². The van der Waals surface area contributed by atoms with Crippen LogP contribution in [0.3, 0.4) is 0 Å². The molecule has 0 saturated carbocycles. The fourth-order valence-corrected chi connectivity index (χ4v) is 0.972. The number of nitrogens with zero attached hydrogens (tertiary/aromatic N) is 2. The fraction of sp³-hybridized carbons (Fsp3) is 0.429. The van der Waals surface area contributed by atoms with Gasteiger partial charge < -0.3 is 10.3 Å². The zero-order valence-corrected chi connectivity index (χ0v) is 6.94. The van der Waals surface area contributed by atoms with Gasteiger partial charge in [-0.15, -0.1) is 0 Å². The SMILES string of the molecule is Cc1c(C)[n+]([O-])cn1CC(=O)O. The van der Waals surface area contributed by atoms with E-state index in [4.69, 9.17) is 5.11 Å². The van der Waals surface area contributed by atoms with Crippen molar-refractivity contribution >= 4 is 5.97 Å². The molecule has 0 unspecified atom stereocenters. The minimum absolute atomic E-state index is 0.165. The van der Waals surface area contributed by atoms with Crippen LogP contribution in [0.25, 0.3) is 0 Å². The van der Waals surface area contributed by atoms with Crippen LogP contribution in [0, 0.1) is 19.1 Å². The monoisotopic (exact) mass is 170 g/mol.